The number of nitrogens with zero attached hydrogens (tertiary/aromatic N) is 1. The van der Waals surface area contributed by atoms with E-state index in [0.29, 0.717) is 0 Å². The Kier molecular flexibility index (Phi) is 8.11. The van der Waals surface area contributed by atoms with Crippen molar-refractivity contribution < 1.29 is 9.53 Å². The molecular formula is C16H31NO2. The normalized spacial score (nSPS) is 18.5. The van der Waals surface area contributed by atoms with Crippen molar-refractivity contribution in [3.63, 3.8) is 0 Å². The van der Waals surface area contributed by atoms with Gasteiger partial charge < -0.3 is 4.74 Å². The fraction of sp³-hybridized carbons (Fsp3) is 0.938. The first-order valence-electron chi connectivity index (χ1n) is 8.09. The molecule has 112 valence electrons. The highest BCUT2D eigenvalue weighted by Gasteiger charge is 2.28. The molecule has 19 heavy (non-hydrogen) atoms. The lowest BCUT2D eigenvalue weighted by atomic mass is 10.0. The molecule has 1 aliphatic rings. The summed E-state index contributed by atoms with van der Waals surface area (Å²) in [5.41, 5.74) is 0. The minimum atomic E-state index is -0.00611. The van der Waals surface area contributed by atoms with Crippen molar-refractivity contribution in [1.82, 2.24) is 4.90 Å². The predicted molar refractivity (Wildman–Crippen MR) is 79.2 cm³/mol. The predicted octanol–water partition coefficient (Wildman–Crippen LogP) is 3.76. The van der Waals surface area contributed by atoms with E-state index in [0.717, 1.165) is 25.9 Å². The highest BCUT2D eigenvalue weighted by Crippen LogP contribution is 2.18. The first-order valence-corrected chi connectivity index (χ1v) is 8.09. The monoisotopic (exact) mass is 269 g/mol. The van der Waals surface area contributed by atoms with Gasteiger partial charge in [-0.1, -0.05) is 39.0 Å². The molecule has 0 aliphatic carbocycles. The van der Waals surface area contributed by atoms with Gasteiger partial charge in [-0.15, -0.1) is 0 Å². The van der Waals surface area contributed by atoms with Crippen LogP contribution >= 0.6 is 0 Å². The Morgan fingerprint density at radius 1 is 1.11 bits per heavy atom. The number of esters is 1. The summed E-state index contributed by atoms with van der Waals surface area (Å²) < 4.78 is 5.44. The lowest BCUT2D eigenvalue weighted by Crippen LogP contribution is -2.45. The van der Waals surface area contributed by atoms with Crippen molar-refractivity contribution >= 4 is 5.97 Å². The lowest BCUT2D eigenvalue weighted by molar-refractivity contribution is -0.154. The van der Waals surface area contributed by atoms with E-state index in [1.807, 2.05) is 13.8 Å². The molecule has 0 bridgehead atoms. The first-order chi connectivity index (χ1) is 9.15. The van der Waals surface area contributed by atoms with Crippen LogP contribution in [-0.4, -0.2) is 36.1 Å². The maximum absolute atomic E-state index is 12.3. The third-order valence-corrected chi connectivity index (χ3v) is 3.79. The van der Waals surface area contributed by atoms with Crippen LogP contribution in [0.2, 0.25) is 0 Å². The van der Waals surface area contributed by atoms with Gasteiger partial charge in [0.15, 0.2) is 0 Å². The molecular weight excluding hydrogens is 238 g/mol. The molecule has 0 aromatic rings. The highest BCUT2D eigenvalue weighted by molar-refractivity contribution is 5.75. The van der Waals surface area contributed by atoms with Crippen LogP contribution in [0.3, 0.4) is 0 Å². The second-order valence-corrected chi connectivity index (χ2v) is 5.95. The van der Waals surface area contributed by atoms with E-state index in [2.05, 4.69) is 11.8 Å². The van der Waals surface area contributed by atoms with Gasteiger partial charge in [-0.05, 0) is 46.2 Å². The zero-order chi connectivity index (χ0) is 14.1. The number of piperidine rings is 1. The summed E-state index contributed by atoms with van der Waals surface area (Å²) in [6.07, 6.45) is 9.59. The molecule has 1 rings (SSSR count). The van der Waals surface area contributed by atoms with Gasteiger partial charge in [0.05, 0.1) is 6.10 Å². The summed E-state index contributed by atoms with van der Waals surface area (Å²) in [5.74, 6) is -0.00611. The molecule has 0 radical (unpaired) electrons. The summed E-state index contributed by atoms with van der Waals surface area (Å²) >= 11 is 0. The number of carbonyl (C=O) groups is 1. The fourth-order valence-electron chi connectivity index (χ4n) is 2.75. The first kappa shape index (κ1) is 16.5. The Morgan fingerprint density at radius 2 is 1.79 bits per heavy atom. The molecule has 1 heterocycles. The Labute approximate surface area is 118 Å². The van der Waals surface area contributed by atoms with Crippen LogP contribution in [0.4, 0.5) is 0 Å². The second-order valence-electron chi connectivity index (χ2n) is 5.95. The van der Waals surface area contributed by atoms with Gasteiger partial charge in [-0.3, -0.25) is 9.69 Å². The number of hydrogen-bond donors (Lipinski definition) is 0. The molecule has 1 fully saturated rings. The molecule has 3 nitrogen and oxygen atoms in total. The van der Waals surface area contributed by atoms with E-state index >= 15 is 0 Å². The third kappa shape index (κ3) is 6.42. The summed E-state index contributed by atoms with van der Waals surface area (Å²) in [4.78, 5) is 14.6. The fourth-order valence-corrected chi connectivity index (χ4v) is 2.75. The molecule has 0 N–H and O–H groups in total. The van der Waals surface area contributed by atoms with Gasteiger partial charge in [-0.25, -0.2) is 0 Å². The van der Waals surface area contributed by atoms with Crippen LogP contribution in [0.15, 0.2) is 0 Å². The number of ether oxygens (including phenoxy) is 1. The topological polar surface area (TPSA) is 29.5 Å². The quantitative estimate of drug-likeness (QED) is 0.496. The third-order valence-electron chi connectivity index (χ3n) is 3.79. The van der Waals surface area contributed by atoms with E-state index in [1.165, 1.54) is 38.5 Å². The number of rotatable bonds is 8. The lowest BCUT2D eigenvalue weighted by Gasteiger charge is -2.33. The van der Waals surface area contributed by atoms with Gasteiger partial charge in [0.1, 0.15) is 6.04 Å². The van der Waals surface area contributed by atoms with Crippen LogP contribution in [0.1, 0.15) is 72.1 Å². The van der Waals surface area contributed by atoms with Crippen molar-refractivity contribution in [2.45, 2.75) is 84.3 Å². The van der Waals surface area contributed by atoms with Crippen molar-refractivity contribution in [3.05, 3.63) is 0 Å². The maximum atomic E-state index is 12.3. The summed E-state index contributed by atoms with van der Waals surface area (Å²) in [7, 11) is 0. The van der Waals surface area contributed by atoms with Crippen LogP contribution < -0.4 is 0 Å². The summed E-state index contributed by atoms with van der Waals surface area (Å²) in [5, 5.41) is 0. The molecule has 3 heteroatoms. The molecule has 0 spiro atoms. The van der Waals surface area contributed by atoms with Gasteiger partial charge in [0.2, 0.25) is 0 Å². The zero-order valence-corrected chi connectivity index (χ0v) is 13.0. The van der Waals surface area contributed by atoms with Crippen molar-refractivity contribution in [2.75, 3.05) is 13.1 Å². The molecule has 0 saturated carbocycles. The van der Waals surface area contributed by atoms with Crippen molar-refractivity contribution in [2.24, 2.45) is 0 Å². The smallest absolute Gasteiger partial charge is 0.323 e. The minimum absolute atomic E-state index is 0.000411. The average Bonchev–Trinajstić information content (AvgIpc) is 2.39. The SMILES string of the molecule is CCCCCCC(C(=O)OC(C)C)N1CCCCC1. The van der Waals surface area contributed by atoms with Gasteiger partial charge in [0.25, 0.3) is 0 Å². The Bertz CT molecular complexity index is 247. The standard InChI is InChI=1S/C16H31NO2/c1-4-5-6-8-11-15(16(18)19-14(2)3)17-12-9-7-10-13-17/h14-15H,4-13H2,1-3H3. The number of carbonyl (C=O) groups excluding carboxylic acids is 1. The number of unbranched alkanes of at least 4 members (excludes halogenated alkanes) is 3. The van der Waals surface area contributed by atoms with Crippen molar-refractivity contribution in [1.29, 1.82) is 0 Å². The van der Waals surface area contributed by atoms with E-state index in [-0.39, 0.29) is 18.1 Å². The van der Waals surface area contributed by atoms with E-state index < -0.39 is 0 Å². The Balaban J connectivity index is 2.48. The second kappa shape index (κ2) is 9.35. The van der Waals surface area contributed by atoms with Crippen LogP contribution in [0.25, 0.3) is 0 Å². The molecule has 0 amide bonds. The van der Waals surface area contributed by atoms with Crippen LogP contribution in [-0.2, 0) is 9.53 Å². The largest absolute Gasteiger partial charge is 0.462 e. The maximum Gasteiger partial charge on any atom is 0.323 e. The van der Waals surface area contributed by atoms with Gasteiger partial charge in [0, 0.05) is 0 Å². The van der Waals surface area contributed by atoms with Crippen molar-refractivity contribution in [3.8, 4) is 0 Å². The van der Waals surface area contributed by atoms with E-state index in [9.17, 15) is 4.79 Å². The van der Waals surface area contributed by atoms with Crippen LogP contribution in [0.5, 0.6) is 0 Å². The summed E-state index contributed by atoms with van der Waals surface area (Å²) in [6, 6.07) is -0.000411. The van der Waals surface area contributed by atoms with Gasteiger partial charge >= 0.3 is 5.97 Å². The molecule has 0 aromatic carbocycles. The molecule has 1 aliphatic heterocycles. The minimum Gasteiger partial charge on any atom is -0.462 e. The Hall–Kier alpha value is -0.570. The molecule has 1 unspecified atom stereocenters. The van der Waals surface area contributed by atoms with E-state index in [4.69, 9.17) is 4.74 Å². The van der Waals surface area contributed by atoms with E-state index in [1.54, 1.807) is 0 Å². The highest BCUT2D eigenvalue weighted by atomic mass is 16.5. The number of hydrogen-bond acceptors (Lipinski definition) is 3. The summed E-state index contributed by atoms with van der Waals surface area (Å²) in [6.45, 7) is 8.21. The molecule has 1 atom stereocenters. The molecule has 1 saturated heterocycles. The van der Waals surface area contributed by atoms with Gasteiger partial charge in [-0.2, -0.15) is 0 Å². The average molecular weight is 269 g/mol. The Morgan fingerprint density at radius 3 is 2.37 bits per heavy atom. The molecule has 0 aromatic heterocycles. The van der Waals surface area contributed by atoms with Crippen LogP contribution in [0, 0.1) is 0 Å². The number of likely N-dealkylation sites (tertiary alicyclic amines) is 1. The zero-order valence-electron chi connectivity index (χ0n) is 13.0.